The fourth-order valence-electron chi connectivity index (χ4n) is 1.18. The van der Waals surface area contributed by atoms with Gasteiger partial charge < -0.3 is 10.6 Å². The van der Waals surface area contributed by atoms with Crippen molar-refractivity contribution in [3.05, 3.63) is 29.8 Å². The summed E-state index contributed by atoms with van der Waals surface area (Å²) in [6.45, 7) is 1.60. The number of carbonyl (C=O) groups excluding carboxylic acids is 2. The minimum atomic E-state index is -2.03. The predicted molar refractivity (Wildman–Crippen MR) is 63.3 cm³/mol. The van der Waals surface area contributed by atoms with E-state index in [0.29, 0.717) is 5.69 Å². The molecule has 17 heavy (non-hydrogen) atoms. The maximum atomic E-state index is 12.3. The number of alkyl halides is 2. The second kappa shape index (κ2) is 6.20. The highest BCUT2D eigenvalue weighted by Gasteiger charge is 2.11. The normalized spacial score (nSPS) is 11.7. The maximum absolute atomic E-state index is 12.3. The number of hydrogen-bond acceptors (Lipinski definition) is 2. The van der Waals surface area contributed by atoms with Crippen molar-refractivity contribution in [3.63, 3.8) is 0 Å². The van der Waals surface area contributed by atoms with Crippen LogP contribution in [0.3, 0.4) is 0 Å². The quantitative estimate of drug-likeness (QED) is 0.809. The molecule has 0 bridgehead atoms. The van der Waals surface area contributed by atoms with Crippen LogP contribution in [0.4, 0.5) is 10.1 Å². The summed E-state index contributed by atoms with van der Waals surface area (Å²) < 4.78 is 12.3. The highest BCUT2D eigenvalue weighted by Crippen LogP contribution is 2.09. The Morgan fingerprint density at radius 2 is 1.94 bits per heavy atom. The van der Waals surface area contributed by atoms with Gasteiger partial charge >= 0.3 is 0 Å². The van der Waals surface area contributed by atoms with Gasteiger partial charge in [-0.2, -0.15) is 0 Å². The molecule has 6 heteroatoms. The zero-order valence-corrected chi connectivity index (χ0v) is 9.92. The molecule has 1 aromatic carbocycles. The largest absolute Gasteiger partial charge is 0.348 e. The molecule has 1 rings (SSSR count). The van der Waals surface area contributed by atoms with Crippen LogP contribution in [-0.2, 0) is 16.1 Å². The first-order valence-corrected chi connectivity index (χ1v) is 5.35. The number of anilines is 1. The van der Waals surface area contributed by atoms with E-state index >= 15 is 0 Å². The summed E-state index contributed by atoms with van der Waals surface area (Å²) in [5.74, 6) is -1.02. The monoisotopic (exact) mass is 258 g/mol. The molecule has 0 aliphatic heterocycles. The molecular formula is C11H12ClFN2O2. The zero-order chi connectivity index (χ0) is 12.8. The van der Waals surface area contributed by atoms with Gasteiger partial charge in [0.1, 0.15) is 0 Å². The van der Waals surface area contributed by atoms with Crippen molar-refractivity contribution >= 4 is 29.1 Å². The fourth-order valence-corrected chi connectivity index (χ4v) is 1.25. The van der Waals surface area contributed by atoms with Crippen molar-refractivity contribution in [3.8, 4) is 0 Å². The Morgan fingerprint density at radius 3 is 2.41 bits per heavy atom. The van der Waals surface area contributed by atoms with E-state index in [1.54, 1.807) is 24.3 Å². The summed E-state index contributed by atoms with van der Waals surface area (Å²) in [6, 6.07) is 6.81. The van der Waals surface area contributed by atoms with Gasteiger partial charge in [0.05, 0.1) is 0 Å². The number of benzene rings is 1. The second-order valence-electron chi connectivity index (χ2n) is 3.40. The molecule has 0 aliphatic rings. The zero-order valence-electron chi connectivity index (χ0n) is 9.17. The van der Waals surface area contributed by atoms with Crippen molar-refractivity contribution in [2.24, 2.45) is 0 Å². The summed E-state index contributed by atoms with van der Waals surface area (Å²) >= 11 is 4.95. The summed E-state index contributed by atoms with van der Waals surface area (Å²) in [4.78, 5) is 21.6. The van der Waals surface area contributed by atoms with Crippen LogP contribution in [0.1, 0.15) is 12.5 Å². The molecule has 1 atom stereocenters. The lowest BCUT2D eigenvalue weighted by molar-refractivity contribution is -0.123. The Morgan fingerprint density at radius 1 is 1.35 bits per heavy atom. The standard InChI is InChI=1S/C11H12ClFN2O2/c1-7(16)15-9-4-2-8(3-5-9)6-14-11(17)10(12)13/h2-5,10H,6H2,1H3,(H,14,17)(H,15,16). The van der Waals surface area contributed by atoms with Crippen LogP contribution >= 0.6 is 11.6 Å². The van der Waals surface area contributed by atoms with Gasteiger partial charge in [-0.3, -0.25) is 9.59 Å². The predicted octanol–water partition coefficient (Wildman–Crippen LogP) is 1.80. The fraction of sp³-hybridized carbons (Fsp3) is 0.273. The van der Waals surface area contributed by atoms with Gasteiger partial charge in [-0.05, 0) is 17.7 Å². The summed E-state index contributed by atoms with van der Waals surface area (Å²) in [6.07, 6.45) is 0. The van der Waals surface area contributed by atoms with Crippen LogP contribution in [0.15, 0.2) is 24.3 Å². The highest BCUT2D eigenvalue weighted by atomic mass is 35.5. The Kier molecular flexibility index (Phi) is 4.90. The van der Waals surface area contributed by atoms with Crippen LogP contribution < -0.4 is 10.6 Å². The molecule has 92 valence electrons. The average Bonchev–Trinajstić information content (AvgIpc) is 2.26. The molecule has 2 amide bonds. The lowest BCUT2D eigenvalue weighted by Crippen LogP contribution is -2.28. The summed E-state index contributed by atoms with van der Waals surface area (Å²) in [5.41, 5.74) is -0.591. The molecule has 0 saturated heterocycles. The van der Waals surface area contributed by atoms with Crippen LogP contribution in [-0.4, -0.2) is 17.4 Å². The van der Waals surface area contributed by atoms with E-state index in [9.17, 15) is 14.0 Å². The molecule has 1 unspecified atom stereocenters. The number of hydrogen-bond donors (Lipinski definition) is 2. The topological polar surface area (TPSA) is 58.2 Å². The lowest BCUT2D eigenvalue weighted by atomic mass is 10.2. The molecule has 4 nitrogen and oxygen atoms in total. The summed E-state index contributed by atoms with van der Waals surface area (Å²) in [7, 11) is 0. The van der Waals surface area contributed by atoms with Gasteiger partial charge in [-0.25, -0.2) is 4.39 Å². The van der Waals surface area contributed by atoms with E-state index in [2.05, 4.69) is 10.6 Å². The van der Waals surface area contributed by atoms with Crippen molar-refractivity contribution in [2.75, 3.05) is 5.32 Å². The molecule has 0 fully saturated rings. The van der Waals surface area contributed by atoms with Gasteiger partial charge in [0, 0.05) is 19.2 Å². The van der Waals surface area contributed by atoms with E-state index in [-0.39, 0.29) is 12.5 Å². The number of amides is 2. The van der Waals surface area contributed by atoms with Crippen molar-refractivity contribution in [1.29, 1.82) is 0 Å². The van der Waals surface area contributed by atoms with Gasteiger partial charge in [0.15, 0.2) is 0 Å². The molecule has 0 aromatic heterocycles. The van der Waals surface area contributed by atoms with E-state index in [1.807, 2.05) is 0 Å². The third-order valence-electron chi connectivity index (χ3n) is 1.94. The van der Waals surface area contributed by atoms with Crippen molar-refractivity contribution in [1.82, 2.24) is 5.32 Å². The molecular weight excluding hydrogens is 247 g/mol. The molecule has 0 aliphatic carbocycles. The molecule has 0 saturated carbocycles. The van der Waals surface area contributed by atoms with Gasteiger partial charge in [0.2, 0.25) is 5.91 Å². The van der Waals surface area contributed by atoms with Crippen molar-refractivity contribution < 1.29 is 14.0 Å². The minimum absolute atomic E-state index is 0.159. The van der Waals surface area contributed by atoms with Crippen LogP contribution in [0, 0.1) is 0 Å². The van der Waals surface area contributed by atoms with E-state index in [0.717, 1.165) is 5.56 Å². The second-order valence-corrected chi connectivity index (χ2v) is 3.78. The number of halogens is 2. The first-order chi connectivity index (χ1) is 7.99. The van der Waals surface area contributed by atoms with Gasteiger partial charge in [-0.15, -0.1) is 0 Å². The van der Waals surface area contributed by atoms with Crippen LogP contribution in [0.2, 0.25) is 0 Å². The molecule has 0 spiro atoms. The van der Waals surface area contributed by atoms with E-state index in [1.165, 1.54) is 6.92 Å². The molecule has 0 heterocycles. The lowest BCUT2D eigenvalue weighted by Gasteiger charge is -2.06. The Hall–Kier alpha value is -1.62. The minimum Gasteiger partial charge on any atom is -0.348 e. The SMILES string of the molecule is CC(=O)Nc1ccc(CNC(=O)C(F)Cl)cc1. The third kappa shape index (κ3) is 4.82. The highest BCUT2D eigenvalue weighted by molar-refractivity contribution is 6.29. The number of rotatable bonds is 4. The third-order valence-corrected chi connectivity index (χ3v) is 2.14. The van der Waals surface area contributed by atoms with E-state index < -0.39 is 11.5 Å². The molecule has 1 aromatic rings. The number of nitrogens with one attached hydrogen (secondary N) is 2. The Balaban J connectivity index is 2.51. The first kappa shape index (κ1) is 13.4. The van der Waals surface area contributed by atoms with Crippen LogP contribution in [0.25, 0.3) is 0 Å². The summed E-state index contributed by atoms with van der Waals surface area (Å²) in [5, 5.41) is 4.93. The smallest absolute Gasteiger partial charge is 0.270 e. The van der Waals surface area contributed by atoms with E-state index in [4.69, 9.17) is 11.6 Å². The molecule has 0 radical (unpaired) electrons. The number of carbonyl (C=O) groups is 2. The average molecular weight is 259 g/mol. The Bertz CT molecular complexity index is 406. The van der Waals surface area contributed by atoms with Gasteiger partial charge in [-0.1, -0.05) is 23.7 Å². The maximum Gasteiger partial charge on any atom is 0.270 e. The first-order valence-electron chi connectivity index (χ1n) is 4.91. The van der Waals surface area contributed by atoms with Gasteiger partial charge in [0.25, 0.3) is 11.5 Å². The Labute approximate surface area is 103 Å². The molecule has 2 N–H and O–H groups in total. The van der Waals surface area contributed by atoms with Crippen molar-refractivity contribution in [2.45, 2.75) is 19.1 Å². The van der Waals surface area contributed by atoms with Crippen LogP contribution in [0.5, 0.6) is 0 Å².